The van der Waals surface area contributed by atoms with Crippen LogP contribution in [0.2, 0.25) is 5.02 Å². The molecule has 3 heteroatoms. The van der Waals surface area contributed by atoms with Crippen LogP contribution in [0.1, 0.15) is 37.7 Å². The fraction of sp³-hybridized carbons (Fsp3) is 0.538. The normalized spacial score (nSPS) is 21.8. The molecule has 0 N–H and O–H groups in total. The molecule has 86 valence electrons. The van der Waals surface area contributed by atoms with Gasteiger partial charge in [-0.25, -0.2) is 0 Å². The van der Waals surface area contributed by atoms with E-state index in [9.17, 15) is 4.79 Å². The largest absolute Gasteiger partial charge is 0.299 e. The quantitative estimate of drug-likeness (QED) is 0.738. The van der Waals surface area contributed by atoms with E-state index in [4.69, 9.17) is 11.6 Å². The van der Waals surface area contributed by atoms with E-state index in [1.54, 1.807) is 12.4 Å². The minimum Gasteiger partial charge on any atom is -0.299 e. The van der Waals surface area contributed by atoms with E-state index in [1.807, 2.05) is 6.07 Å². The van der Waals surface area contributed by atoms with Crippen LogP contribution in [0.3, 0.4) is 0 Å². The van der Waals surface area contributed by atoms with Crippen molar-refractivity contribution in [1.82, 2.24) is 4.98 Å². The molecule has 1 heterocycles. The summed E-state index contributed by atoms with van der Waals surface area (Å²) in [6.07, 6.45) is 9.33. The SMILES string of the molecule is O=C1CCCCCC1Cc1ccncc1Cl. The Morgan fingerprint density at radius 1 is 1.38 bits per heavy atom. The van der Waals surface area contributed by atoms with Gasteiger partial charge in [0.1, 0.15) is 5.78 Å². The highest BCUT2D eigenvalue weighted by Crippen LogP contribution is 2.25. The Kier molecular flexibility index (Phi) is 3.94. The molecular weight excluding hydrogens is 222 g/mol. The summed E-state index contributed by atoms with van der Waals surface area (Å²) in [5.41, 5.74) is 1.05. The van der Waals surface area contributed by atoms with Gasteiger partial charge in [0.2, 0.25) is 0 Å². The van der Waals surface area contributed by atoms with Gasteiger partial charge in [-0.1, -0.05) is 24.4 Å². The fourth-order valence-electron chi connectivity index (χ4n) is 2.28. The number of ketones is 1. The van der Waals surface area contributed by atoms with Gasteiger partial charge in [-0.05, 0) is 30.9 Å². The standard InChI is InChI=1S/C13H16ClNO/c14-12-9-15-7-6-10(12)8-11-4-2-1-3-5-13(11)16/h6-7,9,11H,1-5,8H2. The van der Waals surface area contributed by atoms with Crippen molar-refractivity contribution in [3.8, 4) is 0 Å². The molecule has 1 aromatic heterocycles. The first-order chi connectivity index (χ1) is 7.77. The molecule has 1 unspecified atom stereocenters. The Morgan fingerprint density at radius 3 is 3.06 bits per heavy atom. The zero-order valence-corrected chi connectivity index (χ0v) is 10.0. The van der Waals surface area contributed by atoms with Crippen molar-refractivity contribution in [2.75, 3.05) is 0 Å². The van der Waals surface area contributed by atoms with Crippen LogP contribution >= 0.6 is 11.6 Å². The van der Waals surface area contributed by atoms with Crippen molar-refractivity contribution < 1.29 is 4.79 Å². The summed E-state index contributed by atoms with van der Waals surface area (Å²) in [4.78, 5) is 15.8. The van der Waals surface area contributed by atoms with Gasteiger partial charge in [0.05, 0.1) is 5.02 Å². The maximum Gasteiger partial charge on any atom is 0.136 e. The zero-order chi connectivity index (χ0) is 11.4. The van der Waals surface area contributed by atoms with Crippen LogP contribution in [-0.4, -0.2) is 10.8 Å². The van der Waals surface area contributed by atoms with Gasteiger partial charge in [-0.2, -0.15) is 0 Å². The topological polar surface area (TPSA) is 30.0 Å². The molecule has 1 atom stereocenters. The molecule has 0 amide bonds. The molecule has 2 nitrogen and oxygen atoms in total. The molecule has 0 aliphatic heterocycles. The first kappa shape index (κ1) is 11.6. The summed E-state index contributed by atoms with van der Waals surface area (Å²) in [7, 11) is 0. The van der Waals surface area contributed by atoms with Crippen LogP contribution in [0, 0.1) is 5.92 Å². The number of hydrogen-bond acceptors (Lipinski definition) is 2. The van der Waals surface area contributed by atoms with Gasteiger partial charge >= 0.3 is 0 Å². The molecule has 1 aliphatic carbocycles. The predicted octanol–water partition coefficient (Wildman–Crippen LogP) is 3.43. The van der Waals surface area contributed by atoms with E-state index < -0.39 is 0 Å². The van der Waals surface area contributed by atoms with Crippen molar-refractivity contribution in [3.05, 3.63) is 29.0 Å². The molecule has 0 saturated heterocycles. The molecule has 1 aliphatic rings. The number of aromatic nitrogens is 1. The van der Waals surface area contributed by atoms with Gasteiger partial charge in [0.15, 0.2) is 0 Å². The second-order valence-electron chi connectivity index (χ2n) is 4.43. The van der Waals surface area contributed by atoms with Gasteiger partial charge in [0.25, 0.3) is 0 Å². The summed E-state index contributed by atoms with van der Waals surface area (Å²) in [6.45, 7) is 0. The molecule has 1 aromatic rings. The fourth-order valence-corrected chi connectivity index (χ4v) is 2.48. The predicted molar refractivity (Wildman–Crippen MR) is 64.5 cm³/mol. The molecule has 0 spiro atoms. The monoisotopic (exact) mass is 237 g/mol. The van der Waals surface area contributed by atoms with E-state index in [1.165, 1.54) is 12.8 Å². The van der Waals surface area contributed by atoms with Crippen molar-refractivity contribution >= 4 is 17.4 Å². The lowest BCUT2D eigenvalue weighted by atomic mass is 9.92. The van der Waals surface area contributed by atoms with Crippen molar-refractivity contribution in [3.63, 3.8) is 0 Å². The number of halogens is 1. The van der Waals surface area contributed by atoms with E-state index in [0.29, 0.717) is 10.8 Å². The number of nitrogens with zero attached hydrogens (tertiary/aromatic N) is 1. The number of rotatable bonds is 2. The lowest BCUT2D eigenvalue weighted by molar-refractivity contribution is -0.122. The number of hydrogen-bond donors (Lipinski definition) is 0. The minimum absolute atomic E-state index is 0.169. The number of Topliss-reactive ketones (excluding diaryl/α,β-unsaturated/α-hetero) is 1. The first-order valence-corrected chi connectivity index (χ1v) is 6.26. The average Bonchev–Trinajstić information content (AvgIpc) is 2.48. The first-order valence-electron chi connectivity index (χ1n) is 5.88. The van der Waals surface area contributed by atoms with Crippen LogP contribution < -0.4 is 0 Å². The van der Waals surface area contributed by atoms with Crippen molar-refractivity contribution in [1.29, 1.82) is 0 Å². The van der Waals surface area contributed by atoms with Gasteiger partial charge < -0.3 is 0 Å². The molecule has 0 bridgehead atoms. The Bertz CT molecular complexity index is 378. The molecule has 16 heavy (non-hydrogen) atoms. The number of carbonyl (C=O) groups is 1. The maximum atomic E-state index is 11.9. The lowest BCUT2D eigenvalue weighted by Gasteiger charge is -2.13. The molecule has 0 radical (unpaired) electrons. The summed E-state index contributed by atoms with van der Waals surface area (Å²) in [6, 6.07) is 1.92. The Morgan fingerprint density at radius 2 is 2.25 bits per heavy atom. The number of carbonyl (C=O) groups excluding carboxylic acids is 1. The summed E-state index contributed by atoms with van der Waals surface area (Å²) in [5, 5.41) is 0.680. The second kappa shape index (κ2) is 5.44. The Hall–Kier alpha value is -0.890. The zero-order valence-electron chi connectivity index (χ0n) is 9.29. The number of pyridine rings is 1. The van der Waals surface area contributed by atoms with Gasteiger partial charge in [-0.15, -0.1) is 0 Å². The summed E-state index contributed by atoms with van der Waals surface area (Å²) < 4.78 is 0. The van der Waals surface area contributed by atoms with Crippen molar-refractivity contribution in [2.45, 2.75) is 38.5 Å². The van der Waals surface area contributed by atoms with Crippen LogP contribution in [0.25, 0.3) is 0 Å². The maximum absolute atomic E-state index is 11.9. The molecule has 0 aromatic carbocycles. The lowest BCUT2D eigenvalue weighted by Crippen LogP contribution is -2.15. The molecule has 1 saturated carbocycles. The average molecular weight is 238 g/mol. The highest BCUT2D eigenvalue weighted by Gasteiger charge is 2.21. The van der Waals surface area contributed by atoms with E-state index >= 15 is 0 Å². The van der Waals surface area contributed by atoms with Crippen molar-refractivity contribution in [2.24, 2.45) is 5.92 Å². The van der Waals surface area contributed by atoms with E-state index in [0.717, 1.165) is 31.2 Å². The van der Waals surface area contributed by atoms with Crippen LogP contribution in [-0.2, 0) is 11.2 Å². The van der Waals surface area contributed by atoms with Crippen LogP contribution in [0.15, 0.2) is 18.5 Å². The minimum atomic E-state index is 0.169. The second-order valence-corrected chi connectivity index (χ2v) is 4.84. The van der Waals surface area contributed by atoms with Crippen LogP contribution in [0.5, 0.6) is 0 Å². The Balaban J connectivity index is 2.08. The molecular formula is C13H16ClNO. The van der Waals surface area contributed by atoms with Gasteiger partial charge in [-0.3, -0.25) is 9.78 Å². The third-order valence-corrected chi connectivity index (χ3v) is 3.59. The molecule has 1 fully saturated rings. The Labute approximate surface area is 101 Å². The third-order valence-electron chi connectivity index (χ3n) is 3.25. The van der Waals surface area contributed by atoms with Crippen LogP contribution in [0.4, 0.5) is 0 Å². The van der Waals surface area contributed by atoms with E-state index in [2.05, 4.69) is 4.98 Å². The highest BCUT2D eigenvalue weighted by molar-refractivity contribution is 6.31. The summed E-state index contributed by atoms with van der Waals surface area (Å²) in [5.74, 6) is 0.577. The summed E-state index contributed by atoms with van der Waals surface area (Å²) >= 11 is 6.06. The van der Waals surface area contributed by atoms with Gasteiger partial charge in [0, 0.05) is 24.7 Å². The smallest absolute Gasteiger partial charge is 0.136 e. The molecule has 2 rings (SSSR count). The highest BCUT2D eigenvalue weighted by atomic mass is 35.5. The van der Waals surface area contributed by atoms with E-state index in [-0.39, 0.29) is 5.92 Å². The third kappa shape index (κ3) is 2.82.